The Morgan fingerprint density at radius 1 is 1.43 bits per heavy atom. The molecule has 3 heterocycles. The minimum atomic E-state index is -1.27. The summed E-state index contributed by atoms with van der Waals surface area (Å²) in [6.07, 6.45) is 0. The van der Waals surface area contributed by atoms with Crippen LogP contribution in [-0.2, 0) is 24.0 Å². The smallest absolute Gasteiger partial charge is 0.352 e. The van der Waals surface area contributed by atoms with Crippen molar-refractivity contribution in [3.8, 4) is 0 Å². The van der Waals surface area contributed by atoms with Crippen molar-refractivity contribution in [2.24, 2.45) is 5.16 Å². The van der Waals surface area contributed by atoms with E-state index in [2.05, 4.69) is 20.3 Å². The van der Waals surface area contributed by atoms with Crippen molar-refractivity contribution < 1.29 is 34.2 Å². The van der Waals surface area contributed by atoms with Crippen LogP contribution in [0.4, 0.5) is 0 Å². The standard InChI is InChI=1S/C15H14N4O7S2/c1-6-3-28-14-10(13(23)19(14)11(6)15(24)25)17-12(22)9(7-4-27-5-16-7)18-26-2-8(20)21/h4-5,10,14H,2-3H2,1H3,(H,17,22)(H,20,21)(H,24,25)/b18-9-/t10?,14-/m0/s1. The Hall–Kier alpha value is -2.93. The number of carboxylic acids is 2. The lowest BCUT2D eigenvalue weighted by molar-refractivity contribution is -0.150. The van der Waals surface area contributed by atoms with Gasteiger partial charge in [0.1, 0.15) is 22.8 Å². The highest BCUT2D eigenvalue weighted by atomic mass is 32.2. The number of hydrogen-bond donors (Lipinski definition) is 3. The number of nitrogens with one attached hydrogen (secondary N) is 1. The third-order valence-corrected chi connectivity index (χ3v) is 5.89. The van der Waals surface area contributed by atoms with Gasteiger partial charge < -0.3 is 20.4 Å². The molecule has 13 heteroatoms. The van der Waals surface area contributed by atoms with Crippen molar-refractivity contribution in [2.45, 2.75) is 18.3 Å². The number of thiazole rings is 1. The van der Waals surface area contributed by atoms with Crippen LogP contribution in [0.3, 0.4) is 0 Å². The maximum atomic E-state index is 12.6. The van der Waals surface area contributed by atoms with Crippen LogP contribution >= 0.6 is 23.1 Å². The maximum Gasteiger partial charge on any atom is 0.352 e. The van der Waals surface area contributed by atoms with Crippen LogP contribution < -0.4 is 5.32 Å². The number of amides is 2. The molecule has 0 aromatic carbocycles. The lowest BCUT2D eigenvalue weighted by atomic mass is 10.0. The van der Waals surface area contributed by atoms with Crippen molar-refractivity contribution in [1.29, 1.82) is 0 Å². The summed E-state index contributed by atoms with van der Waals surface area (Å²) < 4.78 is 0. The molecule has 0 bridgehead atoms. The molecule has 1 unspecified atom stereocenters. The van der Waals surface area contributed by atoms with E-state index in [0.29, 0.717) is 11.3 Å². The molecule has 0 aliphatic carbocycles. The van der Waals surface area contributed by atoms with E-state index in [1.807, 2.05) is 0 Å². The molecule has 2 aliphatic rings. The van der Waals surface area contributed by atoms with Gasteiger partial charge in [-0.2, -0.15) is 0 Å². The van der Waals surface area contributed by atoms with E-state index in [9.17, 15) is 24.3 Å². The zero-order valence-corrected chi connectivity index (χ0v) is 16.0. The first kappa shape index (κ1) is 19.8. The molecule has 28 heavy (non-hydrogen) atoms. The molecular formula is C15H14N4O7S2. The topological polar surface area (TPSA) is 158 Å². The van der Waals surface area contributed by atoms with Gasteiger partial charge >= 0.3 is 11.9 Å². The first-order chi connectivity index (χ1) is 13.3. The molecule has 0 spiro atoms. The Morgan fingerprint density at radius 3 is 2.79 bits per heavy atom. The predicted octanol–water partition coefficient (Wildman–Crippen LogP) is -0.293. The molecule has 1 aromatic heterocycles. The number of oxime groups is 1. The third-order valence-electron chi connectivity index (χ3n) is 3.88. The summed E-state index contributed by atoms with van der Waals surface area (Å²) in [6, 6.07) is -0.941. The third kappa shape index (κ3) is 3.71. The number of β-lactam (4-membered cyclic amide) rings is 1. The number of nitrogens with zero attached hydrogens (tertiary/aromatic N) is 3. The van der Waals surface area contributed by atoms with Crippen LogP contribution in [0, 0.1) is 0 Å². The summed E-state index contributed by atoms with van der Waals surface area (Å²) in [5, 5.41) is 25.0. The Labute approximate surface area is 166 Å². The molecule has 3 N–H and O–H groups in total. The maximum absolute atomic E-state index is 12.6. The van der Waals surface area contributed by atoms with E-state index < -0.39 is 41.8 Å². The number of aliphatic carboxylic acids is 2. The van der Waals surface area contributed by atoms with E-state index in [1.165, 1.54) is 34.0 Å². The highest BCUT2D eigenvalue weighted by Crippen LogP contribution is 2.40. The number of aromatic nitrogens is 1. The molecule has 2 aliphatic heterocycles. The normalized spacial score (nSPS) is 21.7. The number of hydrogen-bond acceptors (Lipinski definition) is 9. The molecule has 0 saturated carbocycles. The molecular weight excluding hydrogens is 412 g/mol. The van der Waals surface area contributed by atoms with E-state index in [1.54, 1.807) is 6.92 Å². The SMILES string of the molecule is CC1=C(C(=O)O)N2C(=O)C(NC(=O)/C(=N\OCC(=O)O)c3cscn3)[C@@H]2SC1. The van der Waals surface area contributed by atoms with Crippen LogP contribution in [-0.4, -0.2) is 73.3 Å². The lowest BCUT2D eigenvalue weighted by Gasteiger charge is -2.49. The van der Waals surface area contributed by atoms with E-state index in [-0.39, 0.29) is 17.1 Å². The second-order valence-electron chi connectivity index (χ2n) is 5.78. The van der Waals surface area contributed by atoms with Gasteiger partial charge in [-0.1, -0.05) is 5.16 Å². The minimum absolute atomic E-state index is 0.0718. The Kier molecular flexibility index (Phi) is 5.65. The van der Waals surface area contributed by atoms with Crippen LogP contribution in [0.5, 0.6) is 0 Å². The van der Waals surface area contributed by atoms with Gasteiger partial charge in [-0.3, -0.25) is 14.5 Å². The van der Waals surface area contributed by atoms with Gasteiger partial charge in [-0.15, -0.1) is 23.1 Å². The number of rotatable bonds is 7. The summed E-state index contributed by atoms with van der Waals surface area (Å²) in [7, 11) is 0. The fraction of sp³-hybridized carbons (Fsp3) is 0.333. The Balaban J connectivity index is 1.76. The van der Waals surface area contributed by atoms with E-state index in [0.717, 1.165) is 4.90 Å². The summed E-state index contributed by atoms with van der Waals surface area (Å²) in [6.45, 7) is 0.889. The second-order valence-corrected chi connectivity index (χ2v) is 7.60. The van der Waals surface area contributed by atoms with Gasteiger partial charge in [0.25, 0.3) is 11.8 Å². The number of thioether (sulfide) groups is 1. The minimum Gasteiger partial charge on any atom is -0.479 e. The number of carbonyl (C=O) groups is 4. The molecule has 2 atom stereocenters. The first-order valence-corrected chi connectivity index (χ1v) is 9.79. The molecule has 11 nitrogen and oxygen atoms in total. The van der Waals surface area contributed by atoms with Gasteiger partial charge in [0.05, 0.1) is 5.51 Å². The van der Waals surface area contributed by atoms with Gasteiger partial charge in [-0.25, -0.2) is 14.6 Å². The summed E-state index contributed by atoms with van der Waals surface area (Å²) in [5.41, 5.74) is 1.83. The van der Waals surface area contributed by atoms with Gasteiger partial charge in [0.15, 0.2) is 5.71 Å². The molecule has 1 fully saturated rings. The van der Waals surface area contributed by atoms with Crippen LogP contribution in [0.25, 0.3) is 0 Å². The largest absolute Gasteiger partial charge is 0.479 e. The average Bonchev–Trinajstić information content (AvgIpc) is 3.16. The number of carbonyl (C=O) groups excluding carboxylic acids is 2. The molecule has 1 aromatic rings. The van der Waals surface area contributed by atoms with Crippen molar-refractivity contribution in [1.82, 2.24) is 15.2 Å². The van der Waals surface area contributed by atoms with Crippen molar-refractivity contribution in [2.75, 3.05) is 12.4 Å². The molecule has 2 amide bonds. The van der Waals surface area contributed by atoms with Crippen LogP contribution in [0.2, 0.25) is 0 Å². The van der Waals surface area contributed by atoms with Gasteiger partial charge in [-0.05, 0) is 12.5 Å². The fourth-order valence-corrected chi connectivity index (χ4v) is 4.50. The van der Waals surface area contributed by atoms with Crippen LogP contribution in [0.15, 0.2) is 27.3 Å². The highest BCUT2D eigenvalue weighted by molar-refractivity contribution is 8.00. The van der Waals surface area contributed by atoms with E-state index >= 15 is 0 Å². The summed E-state index contributed by atoms with van der Waals surface area (Å²) >= 11 is 2.53. The second kappa shape index (κ2) is 7.98. The quantitative estimate of drug-likeness (QED) is 0.302. The lowest BCUT2D eigenvalue weighted by Crippen LogP contribution is -2.71. The van der Waals surface area contributed by atoms with Crippen LogP contribution in [0.1, 0.15) is 12.6 Å². The molecule has 0 radical (unpaired) electrons. The van der Waals surface area contributed by atoms with Crippen molar-refractivity contribution >= 4 is 52.6 Å². The van der Waals surface area contributed by atoms with Crippen molar-refractivity contribution in [3.05, 3.63) is 27.9 Å². The summed E-state index contributed by atoms with van der Waals surface area (Å²) in [4.78, 5) is 56.8. The van der Waals surface area contributed by atoms with Crippen molar-refractivity contribution in [3.63, 3.8) is 0 Å². The fourth-order valence-electron chi connectivity index (χ4n) is 2.67. The van der Waals surface area contributed by atoms with Gasteiger partial charge in [0.2, 0.25) is 6.61 Å². The zero-order valence-electron chi connectivity index (χ0n) is 14.3. The molecule has 1 saturated heterocycles. The average molecular weight is 426 g/mol. The zero-order chi connectivity index (χ0) is 20.4. The van der Waals surface area contributed by atoms with Gasteiger partial charge in [0, 0.05) is 11.1 Å². The monoisotopic (exact) mass is 426 g/mol. The molecule has 3 rings (SSSR count). The number of fused-ring (bicyclic) bond motifs is 1. The predicted molar refractivity (Wildman–Crippen MR) is 97.6 cm³/mol. The summed E-state index contributed by atoms with van der Waals surface area (Å²) in [5.74, 6) is -3.39. The Morgan fingerprint density at radius 2 is 2.18 bits per heavy atom. The first-order valence-electron chi connectivity index (χ1n) is 7.80. The molecule has 148 valence electrons. The van der Waals surface area contributed by atoms with E-state index in [4.69, 9.17) is 5.11 Å². The number of carboxylic acid groups (broad SMARTS) is 2. The highest BCUT2D eigenvalue weighted by Gasteiger charge is 2.54. The Bertz CT molecular complexity index is 896.